The van der Waals surface area contributed by atoms with Gasteiger partial charge in [0.15, 0.2) is 0 Å². The van der Waals surface area contributed by atoms with E-state index in [1.54, 1.807) is 50.3 Å². The molecule has 0 aliphatic rings. The van der Waals surface area contributed by atoms with Gasteiger partial charge in [-0.15, -0.1) is 0 Å². The summed E-state index contributed by atoms with van der Waals surface area (Å²) in [4.78, 5) is 23.3. The van der Waals surface area contributed by atoms with Gasteiger partial charge in [-0.3, -0.25) is 0 Å². The zero-order chi connectivity index (χ0) is 25.7. The standard InChI is InChI=1S/C30H26O6/c1-3-35-27(33)15-7-19-5-11-23-21(17-19)9-13-25(31)29(23)30-24-12-6-20(8-16-28(34)36-4-2)18-22(24)10-14-26(30)32/h5-18,31-32H,3-4H2,1-2H3. The van der Waals surface area contributed by atoms with Crippen molar-refractivity contribution in [2.75, 3.05) is 13.2 Å². The fourth-order valence-corrected chi connectivity index (χ4v) is 4.12. The third-order valence-electron chi connectivity index (χ3n) is 5.69. The van der Waals surface area contributed by atoms with Gasteiger partial charge < -0.3 is 19.7 Å². The summed E-state index contributed by atoms with van der Waals surface area (Å²) in [6, 6.07) is 17.9. The van der Waals surface area contributed by atoms with E-state index in [1.807, 2.05) is 36.4 Å². The molecule has 36 heavy (non-hydrogen) atoms. The normalized spacial score (nSPS) is 11.5. The minimum atomic E-state index is -0.416. The molecule has 0 atom stereocenters. The lowest BCUT2D eigenvalue weighted by molar-refractivity contribution is -0.138. The van der Waals surface area contributed by atoms with E-state index in [9.17, 15) is 19.8 Å². The van der Waals surface area contributed by atoms with Gasteiger partial charge >= 0.3 is 11.9 Å². The van der Waals surface area contributed by atoms with Gasteiger partial charge in [-0.05, 0) is 82.9 Å². The molecular weight excluding hydrogens is 456 g/mol. The maximum atomic E-state index is 11.7. The Bertz CT molecular complexity index is 1400. The number of carbonyl (C=O) groups excluding carboxylic acids is 2. The SMILES string of the molecule is CCOC(=O)C=Cc1ccc2c(-c3c(O)ccc4cc(C=CC(=O)OCC)ccc34)c(O)ccc2c1. The van der Waals surface area contributed by atoms with Crippen LogP contribution in [0.25, 0.3) is 44.8 Å². The minimum absolute atomic E-state index is 0.0337. The summed E-state index contributed by atoms with van der Waals surface area (Å²) in [7, 11) is 0. The Hall–Kier alpha value is -4.58. The molecule has 2 N–H and O–H groups in total. The zero-order valence-electron chi connectivity index (χ0n) is 20.0. The first-order chi connectivity index (χ1) is 17.4. The van der Waals surface area contributed by atoms with E-state index >= 15 is 0 Å². The molecule has 6 heteroatoms. The monoisotopic (exact) mass is 482 g/mol. The van der Waals surface area contributed by atoms with Gasteiger partial charge in [-0.2, -0.15) is 0 Å². The second-order valence-corrected chi connectivity index (χ2v) is 8.05. The van der Waals surface area contributed by atoms with Gasteiger partial charge in [0.05, 0.1) is 13.2 Å². The summed E-state index contributed by atoms with van der Waals surface area (Å²) in [5.41, 5.74) is 2.61. The van der Waals surface area contributed by atoms with Crippen LogP contribution in [0.1, 0.15) is 25.0 Å². The number of aromatic hydroxyl groups is 2. The summed E-state index contributed by atoms with van der Waals surface area (Å²) >= 11 is 0. The molecule has 182 valence electrons. The molecule has 0 amide bonds. The highest BCUT2D eigenvalue weighted by Gasteiger charge is 2.17. The Morgan fingerprint density at radius 2 is 1.08 bits per heavy atom. The maximum Gasteiger partial charge on any atom is 0.330 e. The van der Waals surface area contributed by atoms with E-state index in [1.165, 1.54) is 12.2 Å². The van der Waals surface area contributed by atoms with Crippen molar-refractivity contribution < 1.29 is 29.3 Å². The highest BCUT2D eigenvalue weighted by atomic mass is 16.5. The number of rotatable bonds is 7. The zero-order valence-corrected chi connectivity index (χ0v) is 20.0. The number of phenolic OH excluding ortho intramolecular Hbond substituents is 2. The number of hydrogen-bond acceptors (Lipinski definition) is 6. The average Bonchev–Trinajstić information content (AvgIpc) is 2.87. The van der Waals surface area contributed by atoms with Crippen LogP contribution in [0.3, 0.4) is 0 Å². The molecule has 4 aromatic carbocycles. The van der Waals surface area contributed by atoms with Crippen molar-refractivity contribution in [1.29, 1.82) is 0 Å². The van der Waals surface area contributed by atoms with E-state index in [4.69, 9.17) is 9.47 Å². The van der Waals surface area contributed by atoms with Crippen molar-refractivity contribution in [3.05, 3.63) is 83.9 Å². The van der Waals surface area contributed by atoms with Gasteiger partial charge in [-0.1, -0.05) is 36.4 Å². The molecule has 0 aromatic heterocycles. The Kier molecular flexibility index (Phi) is 7.35. The molecule has 0 unspecified atom stereocenters. The predicted octanol–water partition coefficient (Wildman–Crippen LogP) is 6.22. The second kappa shape index (κ2) is 10.8. The number of hydrogen-bond donors (Lipinski definition) is 2. The van der Waals surface area contributed by atoms with E-state index < -0.39 is 11.9 Å². The summed E-state index contributed by atoms with van der Waals surface area (Å²) in [6.07, 6.45) is 6.09. The molecule has 0 saturated carbocycles. The molecule has 0 aliphatic carbocycles. The Labute approximate surface area is 208 Å². The third kappa shape index (κ3) is 5.23. The molecule has 0 bridgehead atoms. The van der Waals surface area contributed by atoms with Crippen molar-refractivity contribution in [2.24, 2.45) is 0 Å². The largest absolute Gasteiger partial charge is 0.507 e. The second-order valence-electron chi connectivity index (χ2n) is 8.05. The molecule has 0 spiro atoms. The summed E-state index contributed by atoms with van der Waals surface area (Å²) in [5, 5.41) is 24.9. The first kappa shape index (κ1) is 24.5. The topological polar surface area (TPSA) is 93.1 Å². The molecular formula is C30H26O6. The molecule has 0 fully saturated rings. The van der Waals surface area contributed by atoms with Crippen LogP contribution in [0.4, 0.5) is 0 Å². The molecule has 4 rings (SSSR count). The van der Waals surface area contributed by atoms with Gasteiger partial charge in [0.25, 0.3) is 0 Å². The first-order valence-electron chi connectivity index (χ1n) is 11.6. The third-order valence-corrected chi connectivity index (χ3v) is 5.69. The number of carbonyl (C=O) groups is 2. The maximum absolute atomic E-state index is 11.7. The number of phenols is 2. The van der Waals surface area contributed by atoms with E-state index in [2.05, 4.69) is 0 Å². The van der Waals surface area contributed by atoms with Gasteiger partial charge in [-0.25, -0.2) is 9.59 Å². The van der Waals surface area contributed by atoms with Crippen LogP contribution < -0.4 is 0 Å². The van der Waals surface area contributed by atoms with Crippen LogP contribution in [0.2, 0.25) is 0 Å². The van der Waals surface area contributed by atoms with Crippen LogP contribution in [-0.4, -0.2) is 35.4 Å². The average molecular weight is 483 g/mol. The predicted molar refractivity (Wildman–Crippen MR) is 142 cm³/mol. The highest BCUT2D eigenvalue weighted by Crippen LogP contribution is 2.44. The van der Waals surface area contributed by atoms with Gasteiger partial charge in [0.1, 0.15) is 11.5 Å². The molecule has 0 heterocycles. The van der Waals surface area contributed by atoms with Crippen molar-refractivity contribution in [1.82, 2.24) is 0 Å². The van der Waals surface area contributed by atoms with E-state index in [0.717, 1.165) is 32.7 Å². The van der Waals surface area contributed by atoms with Crippen molar-refractivity contribution >= 4 is 45.6 Å². The van der Waals surface area contributed by atoms with E-state index in [0.29, 0.717) is 24.3 Å². The van der Waals surface area contributed by atoms with Crippen LogP contribution >= 0.6 is 0 Å². The Morgan fingerprint density at radius 3 is 1.47 bits per heavy atom. The minimum Gasteiger partial charge on any atom is -0.507 e. The Morgan fingerprint density at radius 1 is 0.667 bits per heavy atom. The number of fused-ring (bicyclic) bond motifs is 2. The van der Waals surface area contributed by atoms with Crippen LogP contribution in [0.15, 0.2) is 72.8 Å². The summed E-state index contributed by atoms with van der Waals surface area (Å²) < 4.78 is 9.86. The highest BCUT2D eigenvalue weighted by molar-refractivity contribution is 6.10. The van der Waals surface area contributed by atoms with Crippen molar-refractivity contribution in [2.45, 2.75) is 13.8 Å². The lowest BCUT2D eigenvalue weighted by Gasteiger charge is -2.15. The molecule has 4 aromatic rings. The quantitative estimate of drug-likeness (QED) is 0.240. The number of esters is 2. The molecule has 0 saturated heterocycles. The fourth-order valence-electron chi connectivity index (χ4n) is 4.12. The molecule has 6 nitrogen and oxygen atoms in total. The summed E-state index contributed by atoms with van der Waals surface area (Å²) in [6.45, 7) is 4.11. The van der Waals surface area contributed by atoms with E-state index in [-0.39, 0.29) is 11.5 Å². The van der Waals surface area contributed by atoms with Crippen LogP contribution in [0.5, 0.6) is 11.5 Å². The smallest absolute Gasteiger partial charge is 0.330 e. The molecule has 0 radical (unpaired) electrons. The van der Waals surface area contributed by atoms with Crippen LogP contribution in [-0.2, 0) is 19.1 Å². The molecule has 0 aliphatic heterocycles. The van der Waals surface area contributed by atoms with Crippen molar-refractivity contribution in [3.8, 4) is 22.6 Å². The fraction of sp³-hybridized carbons (Fsp3) is 0.133. The number of benzene rings is 4. The van der Waals surface area contributed by atoms with Gasteiger partial charge in [0, 0.05) is 23.3 Å². The van der Waals surface area contributed by atoms with Gasteiger partial charge in [0.2, 0.25) is 0 Å². The van der Waals surface area contributed by atoms with Crippen molar-refractivity contribution in [3.63, 3.8) is 0 Å². The first-order valence-corrected chi connectivity index (χ1v) is 11.6. The Balaban J connectivity index is 1.80. The summed E-state index contributed by atoms with van der Waals surface area (Å²) in [5.74, 6) is -0.764. The lowest BCUT2D eigenvalue weighted by Crippen LogP contribution is -1.98. The number of ether oxygens (including phenoxy) is 2. The lowest BCUT2D eigenvalue weighted by atomic mass is 9.91. The van der Waals surface area contributed by atoms with Crippen LogP contribution in [0, 0.1) is 0 Å².